The standard InChI is InChI=1S/C22H19F3N2S.C3H6.CH5N/c1-26-15-21(18-6-7-19-14-27-11-10-17(19)13-18)28-12-2-3-16-4-8-20(9-5-16)22(23,24)25;1-3-2;1-2/h4-11,13-15H,1-3,12H2;3H,1H2,2H3;2H2,1H3/b21-15-;;. The Kier molecular flexibility index (Phi) is 12.8. The molecule has 3 rings (SSSR count). The van der Waals surface area contributed by atoms with Crippen LogP contribution in [0.15, 0.2) is 84.8 Å². The van der Waals surface area contributed by atoms with Crippen molar-refractivity contribution in [3.8, 4) is 0 Å². The Bertz CT molecular complexity index is 1030. The molecule has 0 amide bonds. The van der Waals surface area contributed by atoms with Gasteiger partial charge in [-0.05, 0) is 80.1 Å². The van der Waals surface area contributed by atoms with Gasteiger partial charge in [-0.3, -0.25) is 9.98 Å². The fourth-order valence-corrected chi connectivity index (χ4v) is 3.78. The van der Waals surface area contributed by atoms with Crippen molar-refractivity contribution in [3.63, 3.8) is 0 Å². The average molecular weight is 474 g/mol. The molecule has 0 bridgehead atoms. The van der Waals surface area contributed by atoms with E-state index in [1.54, 1.807) is 42.4 Å². The summed E-state index contributed by atoms with van der Waals surface area (Å²) >= 11 is 1.67. The second kappa shape index (κ2) is 15.0. The van der Waals surface area contributed by atoms with Gasteiger partial charge in [0.1, 0.15) is 0 Å². The molecular formula is C26H30F3N3S. The molecule has 1 heterocycles. The summed E-state index contributed by atoms with van der Waals surface area (Å²) in [5, 5.41) is 2.18. The van der Waals surface area contributed by atoms with Gasteiger partial charge in [-0.15, -0.1) is 18.3 Å². The number of benzene rings is 2. The summed E-state index contributed by atoms with van der Waals surface area (Å²) in [6.45, 7) is 8.80. The molecule has 0 saturated carbocycles. The third kappa shape index (κ3) is 9.63. The molecule has 1 aromatic heterocycles. The summed E-state index contributed by atoms with van der Waals surface area (Å²) < 4.78 is 37.9. The second-order valence-electron chi connectivity index (χ2n) is 6.67. The lowest BCUT2D eigenvalue weighted by atomic mass is 10.1. The Labute approximate surface area is 198 Å². The topological polar surface area (TPSA) is 51.3 Å². The smallest absolute Gasteiger partial charge is 0.333 e. The first kappa shape index (κ1) is 28.1. The molecule has 2 N–H and O–H groups in total. The summed E-state index contributed by atoms with van der Waals surface area (Å²) in [6.07, 6.45) is 4.36. The summed E-state index contributed by atoms with van der Waals surface area (Å²) in [6, 6.07) is 13.5. The molecule has 0 aliphatic heterocycles. The highest BCUT2D eigenvalue weighted by Gasteiger charge is 2.29. The van der Waals surface area contributed by atoms with Crippen LogP contribution < -0.4 is 5.73 Å². The number of halogens is 3. The number of nitrogens with zero attached hydrogens (tertiary/aromatic N) is 2. The maximum atomic E-state index is 12.6. The summed E-state index contributed by atoms with van der Waals surface area (Å²) in [7, 11) is 1.50. The molecule has 0 unspecified atom stereocenters. The number of aliphatic imine (C=N–C) groups is 1. The Hall–Kier alpha value is -2.90. The van der Waals surface area contributed by atoms with E-state index in [9.17, 15) is 13.2 Å². The first-order valence-electron chi connectivity index (χ1n) is 10.3. The van der Waals surface area contributed by atoms with Crippen LogP contribution >= 0.6 is 11.8 Å². The second-order valence-corrected chi connectivity index (χ2v) is 7.81. The van der Waals surface area contributed by atoms with Crippen molar-refractivity contribution < 1.29 is 13.2 Å². The van der Waals surface area contributed by atoms with Crippen molar-refractivity contribution in [1.29, 1.82) is 0 Å². The molecule has 0 atom stereocenters. The molecular weight excluding hydrogens is 443 g/mol. The molecule has 0 aliphatic carbocycles. The van der Waals surface area contributed by atoms with Gasteiger partial charge in [0.05, 0.1) is 5.56 Å². The van der Waals surface area contributed by atoms with Gasteiger partial charge in [0.2, 0.25) is 0 Å². The number of thioether (sulfide) groups is 1. The van der Waals surface area contributed by atoms with E-state index in [0.29, 0.717) is 0 Å². The molecule has 0 saturated heterocycles. The number of fused-ring (bicyclic) bond motifs is 1. The predicted molar refractivity (Wildman–Crippen MR) is 137 cm³/mol. The van der Waals surface area contributed by atoms with Gasteiger partial charge in [0.15, 0.2) is 0 Å². The quantitative estimate of drug-likeness (QED) is 0.221. The number of hydrogen-bond acceptors (Lipinski definition) is 4. The highest BCUT2D eigenvalue weighted by atomic mass is 32.2. The van der Waals surface area contributed by atoms with Crippen molar-refractivity contribution in [2.24, 2.45) is 10.7 Å². The number of aryl methyl sites for hydroxylation is 1. The Morgan fingerprint density at radius 3 is 2.36 bits per heavy atom. The van der Waals surface area contributed by atoms with Crippen LogP contribution in [0.1, 0.15) is 30.0 Å². The monoisotopic (exact) mass is 473 g/mol. The Balaban J connectivity index is 0.00000101. The maximum absolute atomic E-state index is 12.6. The van der Waals surface area contributed by atoms with E-state index >= 15 is 0 Å². The van der Waals surface area contributed by atoms with E-state index in [2.05, 4.69) is 35.1 Å². The predicted octanol–water partition coefficient (Wildman–Crippen LogP) is 7.39. The molecule has 3 aromatic rings. The van der Waals surface area contributed by atoms with Gasteiger partial charge in [-0.2, -0.15) is 13.2 Å². The largest absolute Gasteiger partial charge is 0.416 e. The summed E-state index contributed by atoms with van der Waals surface area (Å²) in [5.74, 6) is 0.830. The van der Waals surface area contributed by atoms with Crippen molar-refractivity contribution in [2.45, 2.75) is 25.9 Å². The van der Waals surface area contributed by atoms with Gasteiger partial charge in [-0.1, -0.05) is 30.3 Å². The van der Waals surface area contributed by atoms with Gasteiger partial charge >= 0.3 is 6.18 Å². The van der Waals surface area contributed by atoms with Crippen molar-refractivity contribution in [2.75, 3.05) is 12.8 Å². The molecule has 176 valence electrons. The van der Waals surface area contributed by atoms with Crippen molar-refractivity contribution >= 4 is 34.2 Å². The molecule has 0 fully saturated rings. The zero-order valence-corrected chi connectivity index (χ0v) is 19.8. The number of alkyl halides is 3. The lowest BCUT2D eigenvalue weighted by molar-refractivity contribution is -0.137. The Morgan fingerprint density at radius 2 is 1.76 bits per heavy atom. The minimum atomic E-state index is -4.29. The fraction of sp³-hybridized carbons (Fsp3) is 0.231. The first-order valence-corrected chi connectivity index (χ1v) is 11.3. The lowest BCUT2D eigenvalue weighted by Crippen LogP contribution is -2.04. The number of nitrogens with two attached hydrogens (primary N) is 1. The zero-order valence-electron chi connectivity index (χ0n) is 19.0. The van der Waals surface area contributed by atoms with E-state index in [1.807, 2.05) is 31.3 Å². The van der Waals surface area contributed by atoms with Crippen LogP contribution in [0, 0.1) is 0 Å². The average Bonchev–Trinajstić information content (AvgIpc) is 2.82. The first-order chi connectivity index (χ1) is 15.9. The molecule has 0 aliphatic rings. The minimum Gasteiger partial charge on any atom is -0.333 e. The van der Waals surface area contributed by atoms with Crippen LogP contribution in [0.2, 0.25) is 0 Å². The molecule has 3 nitrogen and oxygen atoms in total. The molecule has 0 radical (unpaired) electrons. The third-order valence-electron chi connectivity index (χ3n) is 4.28. The van der Waals surface area contributed by atoms with E-state index in [0.717, 1.165) is 57.5 Å². The molecule has 33 heavy (non-hydrogen) atoms. The van der Waals surface area contributed by atoms with Gasteiger partial charge in [0, 0.05) is 28.9 Å². The zero-order chi connectivity index (χ0) is 24.7. The summed E-state index contributed by atoms with van der Waals surface area (Å²) in [5.41, 5.74) is 5.85. The molecule has 0 spiro atoms. The third-order valence-corrected chi connectivity index (χ3v) is 5.43. The minimum absolute atomic E-state index is 0.612. The summed E-state index contributed by atoms with van der Waals surface area (Å²) in [4.78, 5) is 9.05. The maximum Gasteiger partial charge on any atom is 0.416 e. The van der Waals surface area contributed by atoms with E-state index < -0.39 is 11.7 Å². The van der Waals surface area contributed by atoms with E-state index in [1.165, 1.54) is 7.05 Å². The number of rotatable bonds is 7. The van der Waals surface area contributed by atoms with E-state index in [4.69, 9.17) is 0 Å². The SMILES string of the molecule is C=CC.C=N/C=C(\SCCCc1ccc(C(F)(F)F)cc1)c1ccc2cnccc2c1.CN. The number of allylic oxidation sites excluding steroid dienone is 1. The van der Waals surface area contributed by atoms with Gasteiger partial charge < -0.3 is 5.73 Å². The highest BCUT2D eigenvalue weighted by molar-refractivity contribution is 8.08. The number of aromatic nitrogens is 1. The molecule has 2 aromatic carbocycles. The van der Waals surface area contributed by atoms with Gasteiger partial charge in [0.25, 0.3) is 0 Å². The van der Waals surface area contributed by atoms with Crippen molar-refractivity contribution in [3.05, 3.63) is 96.5 Å². The van der Waals surface area contributed by atoms with Crippen LogP contribution in [0.3, 0.4) is 0 Å². The van der Waals surface area contributed by atoms with Gasteiger partial charge in [-0.25, -0.2) is 0 Å². The number of pyridine rings is 1. The number of hydrogen-bond donors (Lipinski definition) is 1. The van der Waals surface area contributed by atoms with Crippen LogP contribution in [0.4, 0.5) is 13.2 Å². The van der Waals surface area contributed by atoms with Crippen LogP contribution in [0.25, 0.3) is 15.7 Å². The fourth-order valence-electron chi connectivity index (χ4n) is 2.83. The van der Waals surface area contributed by atoms with Crippen LogP contribution in [-0.4, -0.2) is 24.5 Å². The van der Waals surface area contributed by atoms with Crippen LogP contribution in [-0.2, 0) is 12.6 Å². The van der Waals surface area contributed by atoms with E-state index in [-0.39, 0.29) is 0 Å². The van der Waals surface area contributed by atoms with Crippen LogP contribution in [0.5, 0.6) is 0 Å². The normalized spacial score (nSPS) is 11.0. The van der Waals surface area contributed by atoms with Crippen molar-refractivity contribution in [1.82, 2.24) is 4.98 Å². The highest BCUT2D eigenvalue weighted by Crippen LogP contribution is 2.31. The molecule has 7 heteroatoms. The Morgan fingerprint density at radius 1 is 1.09 bits per heavy atom. The lowest BCUT2D eigenvalue weighted by Gasteiger charge is -2.09.